The SMILES string of the molecule is CCC(C)C(NP(=O)(NC(C(=O)OC)C(C)CC)OCC1OC(n2cnc3c(OC)nc(N)nc32)C(C)(O)C1O)C(=O)OC. The fourth-order valence-electron chi connectivity index (χ4n) is 4.80. The highest BCUT2D eigenvalue weighted by Gasteiger charge is 2.54. The van der Waals surface area contributed by atoms with Crippen molar-refractivity contribution < 1.29 is 47.8 Å². The van der Waals surface area contributed by atoms with E-state index in [1.54, 1.807) is 13.8 Å². The number of hydrogen-bond donors (Lipinski definition) is 5. The number of aromatic nitrogens is 4. The highest BCUT2D eigenvalue weighted by Crippen LogP contribution is 2.45. The Morgan fingerprint density at radius 1 is 1.11 bits per heavy atom. The molecule has 2 aromatic rings. The van der Waals surface area contributed by atoms with Crippen LogP contribution in [-0.4, -0.2) is 99.5 Å². The molecule has 248 valence electrons. The number of nitrogens with zero attached hydrogens (tertiary/aromatic N) is 4. The molecule has 6 N–H and O–H groups in total. The second kappa shape index (κ2) is 14.5. The highest BCUT2D eigenvalue weighted by molar-refractivity contribution is 7.54. The third-order valence-electron chi connectivity index (χ3n) is 7.98. The van der Waals surface area contributed by atoms with Crippen molar-refractivity contribution in [2.45, 2.75) is 83.6 Å². The molecule has 0 radical (unpaired) electrons. The predicted octanol–water partition coefficient (Wildman–Crippen LogP) is 0.906. The van der Waals surface area contributed by atoms with Crippen LogP contribution in [0.2, 0.25) is 0 Å². The number of methoxy groups -OCH3 is 3. The van der Waals surface area contributed by atoms with Gasteiger partial charge in [0.25, 0.3) is 0 Å². The van der Waals surface area contributed by atoms with Crippen molar-refractivity contribution in [2.24, 2.45) is 11.8 Å². The number of nitrogen functional groups attached to an aromatic ring is 1. The van der Waals surface area contributed by atoms with Crippen LogP contribution >= 0.6 is 7.67 Å². The van der Waals surface area contributed by atoms with E-state index in [-0.39, 0.29) is 34.8 Å². The normalized spacial score (nSPS) is 26.0. The summed E-state index contributed by atoms with van der Waals surface area (Å²) in [5.74, 6) is -2.08. The van der Waals surface area contributed by atoms with E-state index >= 15 is 0 Å². The number of nitrogens with two attached hydrogens (primary N) is 1. The Morgan fingerprint density at radius 3 is 2.14 bits per heavy atom. The van der Waals surface area contributed by atoms with Gasteiger partial charge in [0.2, 0.25) is 11.8 Å². The number of ether oxygens (including phenoxy) is 4. The Kier molecular flexibility index (Phi) is 11.7. The van der Waals surface area contributed by atoms with Crippen molar-refractivity contribution >= 4 is 36.7 Å². The summed E-state index contributed by atoms with van der Waals surface area (Å²) in [5.41, 5.74) is 4.32. The standard InChI is InChI=1S/C26H44N7O10P/c1-9-13(3)16(22(35)40-7)31-44(38,32-17(14(4)10-2)23(36)41-8)42-11-15-19(34)26(5,37)24(43-15)33-12-28-18-20(33)29-25(27)30-21(18)39-6/h12-17,19,24,34,37H,9-11H2,1-8H3,(H2,27,29,30)(H2,31,32,38). The van der Waals surface area contributed by atoms with Crippen molar-refractivity contribution in [1.82, 2.24) is 29.7 Å². The second-order valence-electron chi connectivity index (χ2n) is 11.0. The van der Waals surface area contributed by atoms with E-state index in [9.17, 15) is 24.4 Å². The Morgan fingerprint density at radius 2 is 1.66 bits per heavy atom. The fourth-order valence-corrected chi connectivity index (χ4v) is 6.84. The van der Waals surface area contributed by atoms with Gasteiger partial charge in [-0.15, -0.1) is 0 Å². The lowest BCUT2D eigenvalue weighted by molar-refractivity contribution is -0.144. The van der Waals surface area contributed by atoms with Gasteiger partial charge in [-0.1, -0.05) is 40.5 Å². The monoisotopic (exact) mass is 645 g/mol. The van der Waals surface area contributed by atoms with Crippen LogP contribution in [0.1, 0.15) is 53.7 Å². The molecule has 8 atom stereocenters. The first-order valence-electron chi connectivity index (χ1n) is 14.2. The van der Waals surface area contributed by atoms with Gasteiger partial charge in [0.15, 0.2) is 17.4 Å². The lowest BCUT2D eigenvalue weighted by atomic mass is 9.96. The first-order chi connectivity index (χ1) is 20.7. The molecule has 18 heteroatoms. The summed E-state index contributed by atoms with van der Waals surface area (Å²) in [4.78, 5) is 37.8. The number of rotatable bonds is 15. The molecule has 1 fully saturated rings. The largest absolute Gasteiger partial charge is 0.479 e. The lowest BCUT2D eigenvalue weighted by Gasteiger charge is -2.32. The molecule has 3 rings (SSSR count). The average Bonchev–Trinajstić information content (AvgIpc) is 3.52. The van der Waals surface area contributed by atoms with E-state index in [0.29, 0.717) is 12.8 Å². The van der Waals surface area contributed by atoms with E-state index in [0.717, 1.165) is 0 Å². The van der Waals surface area contributed by atoms with E-state index < -0.39 is 62.3 Å². The van der Waals surface area contributed by atoms with Crippen LogP contribution in [0.3, 0.4) is 0 Å². The van der Waals surface area contributed by atoms with E-state index in [1.807, 2.05) is 13.8 Å². The Hall–Kier alpha value is -2.92. The molecule has 3 heterocycles. The van der Waals surface area contributed by atoms with Gasteiger partial charge in [-0.3, -0.25) is 18.7 Å². The van der Waals surface area contributed by atoms with Gasteiger partial charge in [0.05, 0.1) is 34.3 Å². The molecule has 8 unspecified atom stereocenters. The molecule has 44 heavy (non-hydrogen) atoms. The maximum Gasteiger partial charge on any atom is 0.342 e. The first-order valence-corrected chi connectivity index (χ1v) is 15.9. The van der Waals surface area contributed by atoms with Gasteiger partial charge in [-0.05, 0) is 18.8 Å². The van der Waals surface area contributed by atoms with Gasteiger partial charge in [0.1, 0.15) is 29.9 Å². The fraction of sp³-hybridized carbons (Fsp3) is 0.731. The zero-order valence-corrected chi connectivity index (χ0v) is 27.1. The molecular formula is C26H44N7O10P. The first kappa shape index (κ1) is 35.6. The maximum absolute atomic E-state index is 14.4. The molecule has 0 aliphatic carbocycles. The Bertz CT molecular complexity index is 1320. The van der Waals surface area contributed by atoms with E-state index in [2.05, 4.69) is 25.1 Å². The molecule has 0 amide bonds. The molecule has 1 aliphatic heterocycles. The van der Waals surface area contributed by atoms with Crippen LogP contribution in [-0.2, 0) is 32.9 Å². The summed E-state index contributed by atoms with van der Waals surface area (Å²) in [6.45, 7) is 8.02. The average molecular weight is 646 g/mol. The summed E-state index contributed by atoms with van der Waals surface area (Å²) in [6.07, 6.45) is -1.69. The summed E-state index contributed by atoms with van der Waals surface area (Å²) < 4.78 is 42.7. The molecule has 0 aromatic carbocycles. The number of nitrogens with one attached hydrogen (secondary N) is 2. The molecule has 0 spiro atoms. The van der Waals surface area contributed by atoms with Crippen molar-refractivity contribution in [3.05, 3.63) is 6.33 Å². The number of imidazole rings is 1. The van der Waals surface area contributed by atoms with Crippen LogP contribution in [0.15, 0.2) is 6.33 Å². The smallest absolute Gasteiger partial charge is 0.342 e. The van der Waals surface area contributed by atoms with Crippen molar-refractivity contribution in [1.29, 1.82) is 0 Å². The van der Waals surface area contributed by atoms with Crippen molar-refractivity contribution in [2.75, 3.05) is 33.7 Å². The van der Waals surface area contributed by atoms with Crippen LogP contribution in [0, 0.1) is 11.8 Å². The van der Waals surface area contributed by atoms with E-state index in [4.69, 9.17) is 29.2 Å². The summed E-state index contributed by atoms with van der Waals surface area (Å²) >= 11 is 0. The Balaban J connectivity index is 1.95. The molecule has 17 nitrogen and oxygen atoms in total. The van der Waals surface area contributed by atoms with Crippen LogP contribution in [0.5, 0.6) is 5.88 Å². The zero-order valence-electron chi connectivity index (χ0n) is 26.2. The number of hydrogen-bond acceptors (Lipinski definition) is 14. The van der Waals surface area contributed by atoms with Gasteiger partial charge < -0.3 is 39.4 Å². The van der Waals surface area contributed by atoms with Gasteiger partial charge in [-0.2, -0.15) is 9.97 Å². The van der Waals surface area contributed by atoms with Gasteiger partial charge >= 0.3 is 19.6 Å². The van der Waals surface area contributed by atoms with Crippen LogP contribution in [0.25, 0.3) is 11.2 Å². The van der Waals surface area contributed by atoms with Crippen LogP contribution < -0.4 is 20.6 Å². The number of anilines is 1. The zero-order chi connectivity index (χ0) is 33.0. The summed E-state index contributed by atoms with van der Waals surface area (Å²) in [5, 5.41) is 28.0. The van der Waals surface area contributed by atoms with Crippen molar-refractivity contribution in [3.8, 4) is 5.88 Å². The van der Waals surface area contributed by atoms with E-state index in [1.165, 1.54) is 39.1 Å². The summed E-state index contributed by atoms with van der Waals surface area (Å²) in [6, 6.07) is -2.16. The molecule has 1 aliphatic rings. The van der Waals surface area contributed by atoms with Gasteiger partial charge in [0, 0.05) is 0 Å². The molecule has 1 saturated heterocycles. The third-order valence-corrected chi connectivity index (χ3v) is 9.73. The minimum atomic E-state index is -4.30. The quantitative estimate of drug-likeness (QED) is 0.134. The van der Waals surface area contributed by atoms with Crippen molar-refractivity contribution in [3.63, 3.8) is 0 Å². The lowest BCUT2D eigenvalue weighted by Crippen LogP contribution is -2.49. The number of carbonyl (C=O) groups excluding carboxylic acids is 2. The molecule has 2 aromatic heterocycles. The number of aliphatic hydroxyl groups is 2. The topological polar surface area (TPSA) is 231 Å². The number of esters is 2. The second-order valence-corrected chi connectivity index (χ2v) is 12.9. The third kappa shape index (κ3) is 7.30. The Labute approximate surface area is 255 Å². The number of aliphatic hydroxyl groups excluding tert-OH is 1. The highest BCUT2D eigenvalue weighted by atomic mass is 31.2. The van der Waals surface area contributed by atoms with Gasteiger partial charge in [-0.25, -0.2) is 15.2 Å². The number of carbonyl (C=O) groups is 2. The maximum atomic E-state index is 14.4. The minimum Gasteiger partial charge on any atom is -0.479 e. The molecular weight excluding hydrogens is 601 g/mol. The van der Waals surface area contributed by atoms with Crippen LogP contribution in [0.4, 0.5) is 5.95 Å². The summed E-state index contributed by atoms with van der Waals surface area (Å²) in [7, 11) is -0.513. The minimum absolute atomic E-state index is 0.102. The molecule has 0 bridgehead atoms. The number of fused-ring (bicyclic) bond motifs is 1. The molecule has 0 saturated carbocycles. The predicted molar refractivity (Wildman–Crippen MR) is 157 cm³/mol.